The van der Waals surface area contributed by atoms with Gasteiger partial charge >= 0.3 is 0 Å². The number of nitrogens with one attached hydrogen (secondary N) is 1. The van der Waals surface area contributed by atoms with Crippen molar-refractivity contribution in [3.63, 3.8) is 0 Å². The third kappa shape index (κ3) is 1.10. The molecule has 0 aromatic rings. The summed E-state index contributed by atoms with van der Waals surface area (Å²) in [7, 11) is 2.07. The van der Waals surface area contributed by atoms with E-state index in [1.165, 1.54) is 19.4 Å². The molecule has 3 unspecified atom stereocenters. The molecule has 3 atom stereocenters. The average Bonchev–Trinajstić information content (AvgIpc) is 2.76. The Morgan fingerprint density at radius 2 is 1.83 bits per heavy atom. The highest BCUT2D eigenvalue weighted by atomic mass is 14.9. The van der Waals surface area contributed by atoms with Crippen molar-refractivity contribution in [3.05, 3.63) is 0 Å². The molecule has 2 rings (SSSR count). The highest BCUT2D eigenvalue weighted by Gasteiger charge is 2.65. The molecule has 0 radical (unpaired) electrons. The Hall–Kier alpha value is -0.0400. The van der Waals surface area contributed by atoms with Gasteiger partial charge in [0.15, 0.2) is 0 Å². The van der Waals surface area contributed by atoms with Crippen molar-refractivity contribution in [1.82, 2.24) is 5.32 Å². The van der Waals surface area contributed by atoms with Crippen LogP contribution in [0.1, 0.15) is 33.6 Å². The van der Waals surface area contributed by atoms with E-state index in [-0.39, 0.29) is 0 Å². The summed E-state index contributed by atoms with van der Waals surface area (Å²) in [4.78, 5) is 0. The third-order valence-corrected chi connectivity index (χ3v) is 4.22. The van der Waals surface area contributed by atoms with Gasteiger partial charge in [-0.05, 0) is 49.1 Å². The van der Waals surface area contributed by atoms with Crippen LogP contribution in [0, 0.1) is 22.7 Å². The molecule has 12 heavy (non-hydrogen) atoms. The topological polar surface area (TPSA) is 12.0 Å². The van der Waals surface area contributed by atoms with Gasteiger partial charge in [-0.15, -0.1) is 0 Å². The Morgan fingerprint density at radius 3 is 2.25 bits per heavy atom. The van der Waals surface area contributed by atoms with Gasteiger partial charge in [0, 0.05) is 0 Å². The van der Waals surface area contributed by atoms with Crippen LogP contribution in [0.5, 0.6) is 0 Å². The van der Waals surface area contributed by atoms with Crippen LogP contribution < -0.4 is 5.32 Å². The molecule has 0 spiro atoms. The molecule has 0 amide bonds. The molecule has 2 saturated carbocycles. The first-order valence-electron chi connectivity index (χ1n) is 5.15. The summed E-state index contributed by atoms with van der Waals surface area (Å²) >= 11 is 0. The van der Waals surface area contributed by atoms with Crippen molar-refractivity contribution in [2.24, 2.45) is 22.7 Å². The minimum Gasteiger partial charge on any atom is -0.319 e. The molecule has 70 valence electrons. The summed E-state index contributed by atoms with van der Waals surface area (Å²) in [6, 6.07) is 0. The molecular formula is C11H21N. The molecule has 0 heterocycles. The average molecular weight is 167 g/mol. The molecule has 1 nitrogen and oxygen atoms in total. The second-order valence-electron chi connectivity index (χ2n) is 5.71. The van der Waals surface area contributed by atoms with Crippen LogP contribution in [0.15, 0.2) is 0 Å². The highest BCUT2D eigenvalue weighted by molar-refractivity contribution is 5.14. The maximum Gasteiger partial charge on any atom is -0.00180 e. The molecule has 2 aliphatic carbocycles. The first-order valence-corrected chi connectivity index (χ1v) is 5.15. The molecule has 0 bridgehead atoms. The Labute approximate surface area is 75.9 Å². The Morgan fingerprint density at radius 1 is 1.25 bits per heavy atom. The van der Waals surface area contributed by atoms with E-state index in [1.807, 2.05) is 0 Å². The van der Waals surface area contributed by atoms with Crippen molar-refractivity contribution in [1.29, 1.82) is 0 Å². The Balaban J connectivity index is 1.91. The van der Waals surface area contributed by atoms with Gasteiger partial charge in [0.25, 0.3) is 0 Å². The zero-order valence-electron chi connectivity index (χ0n) is 8.78. The van der Waals surface area contributed by atoms with Crippen molar-refractivity contribution in [3.8, 4) is 0 Å². The molecule has 1 N–H and O–H groups in total. The molecule has 1 heteroatoms. The summed E-state index contributed by atoms with van der Waals surface area (Å²) in [6.45, 7) is 8.53. The molecule has 0 saturated heterocycles. The normalized spacial score (nSPS) is 49.0. The van der Waals surface area contributed by atoms with Crippen molar-refractivity contribution < 1.29 is 0 Å². The van der Waals surface area contributed by atoms with Gasteiger partial charge in [0.1, 0.15) is 0 Å². The maximum atomic E-state index is 3.29. The summed E-state index contributed by atoms with van der Waals surface area (Å²) in [5.74, 6) is 1.98. The zero-order chi connectivity index (χ0) is 8.98. The van der Waals surface area contributed by atoms with Gasteiger partial charge < -0.3 is 5.32 Å². The number of hydrogen-bond acceptors (Lipinski definition) is 1. The van der Waals surface area contributed by atoms with Gasteiger partial charge in [-0.1, -0.05) is 20.8 Å². The molecule has 0 aromatic carbocycles. The van der Waals surface area contributed by atoms with Gasteiger partial charge in [-0.2, -0.15) is 0 Å². The second-order valence-corrected chi connectivity index (χ2v) is 5.71. The highest BCUT2D eigenvalue weighted by Crippen LogP contribution is 2.72. The van der Waals surface area contributed by atoms with Crippen molar-refractivity contribution >= 4 is 0 Å². The monoisotopic (exact) mass is 167 g/mol. The number of rotatable bonds is 3. The Bertz CT molecular complexity index is 197. The van der Waals surface area contributed by atoms with Crippen LogP contribution in [-0.2, 0) is 0 Å². The zero-order valence-corrected chi connectivity index (χ0v) is 8.78. The van der Waals surface area contributed by atoms with E-state index in [2.05, 4.69) is 33.1 Å². The predicted molar refractivity (Wildman–Crippen MR) is 52.0 cm³/mol. The standard InChI is InChI=1S/C11H21N/c1-10(2)6-9(10)11(3)5-8(11)7-12-4/h8-9,12H,5-7H2,1-4H3. The van der Waals surface area contributed by atoms with Crippen LogP contribution in [0.25, 0.3) is 0 Å². The van der Waals surface area contributed by atoms with E-state index in [0.717, 1.165) is 11.8 Å². The van der Waals surface area contributed by atoms with E-state index in [1.54, 1.807) is 0 Å². The summed E-state index contributed by atoms with van der Waals surface area (Å²) in [5.41, 5.74) is 1.36. The summed E-state index contributed by atoms with van der Waals surface area (Å²) < 4.78 is 0. The van der Waals surface area contributed by atoms with Gasteiger partial charge in [-0.25, -0.2) is 0 Å². The largest absolute Gasteiger partial charge is 0.319 e. The third-order valence-electron chi connectivity index (χ3n) is 4.22. The minimum atomic E-state index is 0.664. The van der Waals surface area contributed by atoms with Gasteiger partial charge in [0.2, 0.25) is 0 Å². The molecule has 2 aliphatic rings. The molecule has 2 fully saturated rings. The summed E-state index contributed by atoms with van der Waals surface area (Å²) in [6.07, 6.45) is 2.92. The predicted octanol–water partition coefficient (Wildman–Crippen LogP) is 2.28. The van der Waals surface area contributed by atoms with Crippen LogP contribution in [0.2, 0.25) is 0 Å². The lowest BCUT2D eigenvalue weighted by atomic mass is 9.94. The SMILES string of the molecule is CNCC1CC1(C)C1CC1(C)C. The Kier molecular flexibility index (Phi) is 1.61. The fourth-order valence-electron chi connectivity index (χ4n) is 3.04. The van der Waals surface area contributed by atoms with Crippen LogP contribution in [0.3, 0.4) is 0 Å². The van der Waals surface area contributed by atoms with Crippen molar-refractivity contribution in [2.45, 2.75) is 33.6 Å². The van der Waals surface area contributed by atoms with E-state index in [9.17, 15) is 0 Å². The lowest BCUT2D eigenvalue weighted by Crippen LogP contribution is -2.16. The van der Waals surface area contributed by atoms with E-state index in [4.69, 9.17) is 0 Å². The van der Waals surface area contributed by atoms with Crippen LogP contribution >= 0.6 is 0 Å². The molecule has 0 aromatic heterocycles. The fourth-order valence-corrected chi connectivity index (χ4v) is 3.04. The lowest BCUT2D eigenvalue weighted by molar-refractivity contribution is 0.366. The number of hydrogen-bond donors (Lipinski definition) is 1. The minimum absolute atomic E-state index is 0.664. The lowest BCUT2D eigenvalue weighted by Gasteiger charge is -2.12. The van der Waals surface area contributed by atoms with E-state index >= 15 is 0 Å². The smallest absolute Gasteiger partial charge is 0.00180 e. The molecule has 0 aliphatic heterocycles. The molecular weight excluding hydrogens is 146 g/mol. The maximum absolute atomic E-state index is 3.29. The van der Waals surface area contributed by atoms with Crippen molar-refractivity contribution in [2.75, 3.05) is 13.6 Å². The van der Waals surface area contributed by atoms with Crippen LogP contribution in [0.4, 0.5) is 0 Å². The summed E-state index contributed by atoms with van der Waals surface area (Å²) in [5, 5.41) is 3.29. The second kappa shape index (κ2) is 2.25. The first kappa shape index (κ1) is 8.55. The van der Waals surface area contributed by atoms with Gasteiger partial charge in [-0.3, -0.25) is 0 Å². The first-order chi connectivity index (χ1) is 5.50. The quantitative estimate of drug-likeness (QED) is 0.680. The van der Waals surface area contributed by atoms with E-state index < -0.39 is 0 Å². The van der Waals surface area contributed by atoms with Gasteiger partial charge in [0.05, 0.1) is 0 Å². The van der Waals surface area contributed by atoms with Crippen LogP contribution in [-0.4, -0.2) is 13.6 Å². The van der Waals surface area contributed by atoms with E-state index in [0.29, 0.717) is 10.8 Å². The fraction of sp³-hybridized carbons (Fsp3) is 1.00.